The van der Waals surface area contributed by atoms with Crippen molar-refractivity contribution in [1.29, 1.82) is 0 Å². The van der Waals surface area contributed by atoms with Crippen molar-refractivity contribution in [2.75, 3.05) is 25.0 Å². The van der Waals surface area contributed by atoms with Crippen LogP contribution in [0.4, 0.5) is 5.69 Å². The number of hydrogen-bond donors (Lipinski definition) is 2. The summed E-state index contributed by atoms with van der Waals surface area (Å²) in [5.74, 6) is -0.0710. The van der Waals surface area contributed by atoms with Crippen molar-refractivity contribution < 1.29 is 4.79 Å². The Morgan fingerprint density at radius 1 is 1.53 bits per heavy atom. The van der Waals surface area contributed by atoms with Crippen LogP contribution in [0.5, 0.6) is 0 Å². The van der Waals surface area contributed by atoms with Gasteiger partial charge in [0.05, 0.1) is 18.4 Å². The van der Waals surface area contributed by atoms with E-state index >= 15 is 0 Å². The topological polar surface area (TPSA) is 76.2 Å². The van der Waals surface area contributed by atoms with E-state index in [1.54, 1.807) is 6.20 Å². The molecule has 0 aromatic carbocycles. The lowest BCUT2D eigenvalue weighted by atomic mass is 10.2. The SMILES string of the molecule is CCN(CC)CCn1cc(NC(=O)CC(C)N)cn1. The normalized spacial score (nSPS) is 12.7. The van der Waals surface area contributed by atoms with Crippen LogP contribution < -0.4 is 11.1 Å². The summed E-state index contributed by atoms with van der Waals surface area (Å²) in [4.78, 5) is 13.9. The summed E-state index contributed by atoms with van der Waals surface area (Å²) in [7, 11) is 0. The number of carbonyl (C=O) groups is 1. The Hall–Kier alpha value is -1.40. The number of rotatable bonds is 8. The van der Waals surface area contributed by atoms with Gasteiger partial charge in [0.1, 0.15) is 0 Å². The second-order valence-electron chi connectivity index (χ2n) is 4.75. The first-order chi connectivity index (χ1) is 9.05. The molecular formula is C13H25N5O. The molecule has 6 heteroatoms. The molecule has 0 spiro atoms. The summed E-state index contributed by atoms with van der Waals surface area (Å²) in [5, 5.41) is 7.03. The van der Waals surface area contributed by atoms with Crippen molar-refractivity contribution in [1.82, 2.24) is 14.7 Å². The highest BCUT2D eigenvalue weighted by Crippen LogP contribution is 2.06. The third-order valence-electron chi connectivity index (χ3n) is 2.96. The van der Waals surface area contributed by atoms with Crippen LogP contribution in [0, 0.1) is 0 Å². The molecule has 1 heterocycles. The Labute approximate surface area is 114 Å². The van der Waals surface area contributed by atoms with Crippen LogP contribution in [-0.2, 0) is 11.3 Å². The van der Waals surface area contributed by atoms with Crippen molar-refractivity contribution in [3.8, 4) is 0 Å². The molecule has 1 rings (SSSR count). The molecule has 1 aromatic rings. The van der Waals surface area contributed by atoms with Crippen LogP contribution in [0.3, 0.4) is 0 Å². The van der Waals surface area contributed by atoms with E-state index in [1.165, 1.54) is 0 Å². The number of nitrogens with zero attached hydrogens (tertiary/aromatic N) is 3. The van der Waals surface area contributed by atoms with Crippen LogP contribution in [-0.4, -0.2) is 46.3 Å². The molecule has 3 N–H and O–H groups in total. The summed E-state index contributed by atoms with van der Waals surface area (Å²) in [5.41, 5.74) is 6.30. The standard InChI is InChI=1S/C13H25N5O/c1-4-17(5-2)6-7-18-10-12(9-15-18)16-13(19)8-11(3)14/h9-11H,4-8,14H2,1-3H3,(H,16,19). The molecule has 0 aliphatic rings. The summed E-state index contributed by atoms with van der Waals surface area (Å²) >= 11 is 0. The second-order valence-corrected chi connectivity index (χ2v) is 4.75. The molecular weight excluding hydrogens is 242 g/mol. The first-order valence-corrected chi connectivity index (χ1v) is 6.85. The summed E-state index contributed by atoms with van der Waals surface area (Å²) in [6.45, 7) is 9.96. The molecule has 0 aliphatic carbocycles. The fourth-order valence-electron chi connectivity index (χ4n) is 1.84. The molecule has 108 valence electrons. The van der Waals surface area contributed by atoms with Crippen molar-refractivity contribution in [2.45, 2.75) is 39.8 Å². The Morgan fingerprint density at radius 2 is 2.21 bits per heavy atom. The van der Waals surface area contributed by atoms with Gasteiger partial charge in [0.25, 0.3) is 0 Å². The van der Waals surface area contributed by atoms with Crippen LogP contribution >= 0.6 is 0 Å². The van der Waals surface area contributed by atoms with Gasteiger partial charge in [-0.25, -0.2) is 0 Å². The minimum atomic E-state index is -0.127. The van der Waals surface area contributed by atoms with Crippen LogP contribution in [0.25, 0.3) is 0 Å². The second kappa shape index (κ2) is 7.91. The minimum absolute atomic E-state index is 0.0710. The Balaban J connectivity index is 2.41. The molecule has 1 atom stereocenters. The largest absolute Gasteiger partial charge is 0.327 e. The zero-order valence-corrected chi connectivity index (χ0v) is 12.1. The van der Waals surface area contributed by atoms with E-state index < -0.39 is 0 Å². The zero-order chi connectivity index (χ0) is 14.3. The van der Waals surface area contributed by atoms with Gasteiger partial charge >= 0.3 is 0 Å². The van der Waals surface area contributed by atoms with E-state index in [9.17, 15) is 4.79 Å². The maximum absolute atomic E-state index is 11.6. The molecule has 0 saturated carbocycles. The molecule has 0 saturated heterocycles. The maximum Gasteiger partial charge on any atom is 0.226 e. The van der Waals surface area contributed by atoms with E-state index in [4.69, 9.17) is 5.73 Å². The summed E-state index contributed by atoms with van der Waals surface area (Å²) < 4.78 is 1.85. The average molecular weight is 267 g/mol. The number of nitrogens with one attached hydrogen (secondary N) is 1. The van der Waals surface area contributed by atoms with Gasteiger partial charge in [-0.05, 0) is 20.0 Å². The van der Waals surface area contributed by atoms with Crippen molar-refractivity contribution in [2.24, 2.45) is 5.73 Å². The highest BCUT2D eigenvalue weighted by Gasteiger charge is 2.07. The number of amides is 1. The average Bonchev–Trinajstić information content (AvgIpc) is 2.77. The quantitative estimate of drug-likeness (QED) is 0.734. The van der Waals surface area contributed by atoms with E-state index in [1.807, 2.05) is 17.8 Å². The lowest BCUT2D eigenvalue weighted by Crippen LogP contribution is -2.27. The third-order valence-corrected chi connectivity index (χ3v) is 2.96. The third kappa shape index (κ3) is 5.85. The van der Waals surface area contributed by atoms with Gasteiger partial charge < -0.3 is 16.0 Å². The minimum Gasteiger partial charge on any atom is -0.327 e. The predicted octanol–water partition coefficient (Wildman–Crippen LogP) is 0.901. The van der Waals surface area contributed by atoms with Crippen molar-refractivity contribution >= 4 is 11.6 Å². The number of anilines is 1. The molecule has 0 fully saturated rings. The van der Waals surface area contributed by atoms with Crippen molar-refractivity contribution in [3.63, 3.8) is 0 Å². The lowest BCUT2D eigenvalue weighted by molar-refractivity contribution is -0.116. The first-order valence-electron chi connectivity index (χ1n) is 6.85. The lowest BCUT2D eigenvalue weighted by Gasteiger charge is -2.17. The molecule has 0 bridgehead atoms. The predicted molar refractivity (Wildman–Crippen MR) is 76.9 cm³/mol. The van der Waals surface area contributed by atoms with Crippen LogP contribution in [0.15, 0.2) is 12.4 Å². The fourth-order valence-corrected chi connectivity index (χ4v) is 1.84. The monoisotopic (exact) mass is 267 g/mol. The van der Waals surface area contributed by atoms with Gasteiger partial charge in [-0.1, -0.05) is 13.8 Å². The van der Waals surface area contributed by atoms with E-state index in [2.05, 4.69) is 29.2 Å². The molecule has 1 unspecified atom stereocenters. The number of nitrogens with two attached hydrogens (primary N) is 1. The van der Waals surface area contributed by atoms with Crippen molar-refractivity contribution in [3.05, 3.63) is 12.4 Å². The number of carbonyl (C=O) groups excluding carboxylic acids is 1. The van der Waals surface area contributed by atoms with Crippen LogP contribution in [0.2, 0.25) is 0 Å². The Bertz CT molecular complexity index is 384. The number of aromatic nitrogens is 2. The molecule has 19 heavy (non-hydrogen) atoms. The maximum atomic E-state index is 11.6. The smallest absolute Gasteiger partial charge is 0.226 e. The molecule has 0 radical (unpaired) electrons. The van der Waals surface area contributed by atoms with Gasteiger partial charge in [-0.15, -0.1) is 0 Å². The molecule has 1 aromatic heterocycles. The Morgan fingerprint density at radius 3 is 2.79 bits per heavy atom. The van der Waals surface area contributed by atoms with Gasteiger partial charge in [0.15, 0.2) is 0 Å². The molecule has 1 amide bonds. The van der Waals surface area contributed by atoms with E-state index in [-0.39, 0.29) is 11.9 Å². The van der Waals surface area contributed by atoms with Gasteiger partial charge in [0, 0.05) is 25.2 Å². The first kappa shape index (κ1) is 15.7. The van der Waals surface area contributed by atoms with E-state index in [0.717, 1.165) is 31.9 Å². The van der Waals surface area contributed by atoms with Gasteiger partial charge in [0.2, 0.25) is 5.91 Å². The van der Waals surface area contributed by atoms with E-state index in [0.29, 0.717) is 6.42 Å². The highest BCUT2D eigenvalue weighted by atomic mass is 16.1. The van der Waals surface area contributed by atoms with Crippen LogP contribution in [0.1, 0.15) is 27.2 Å². The zero-order valence-electron chi connectivity index (χ0n) is 12.1. The number of hydrogen-bond acceptors (Lipinski definition) is 4. The van der Waals surface area contributed by atoms with Gasteiger partial charge in [-0.2, -0.15) is 5.10 Å². The summed E-state index contributed by atoms with van der Waals surface area (Å²) in [6, 6.07) is -0.127. The van der Waals surface area contributed by atoms with Gasteiger partial charge in [-0.3, -0.25) is 9.48 Å². The highest BCUT2D eigenvalue weighted by molar-refractivity contribution is 5.90. The fraction of sp³-hybridized carbons (Fsp3) is 0.692. The molecule has 0 aliphatic heterocycles. The Kier molecular flexibility index (Phi) is 6.52. The molecule has 6 nitrogen and oxygen atoms in total. The summed E-state index contributed by atoms with van der Waals surface area (Å²) in [6.07, 6.45) is 3.84. The number of likely N-dealkylation sites (N-methyl/N-ethyl adjacent to an activating group) is 1.